The molecule has 0 aliphatic carbocycles. The van der Waals surface area contributed by atoms with Crippen molar-refractivity contribution in [1.29, 1.82) is 0 Å². The van der Waals surface area contributed by atoms with E-state index in [1.165, 1.54) is 28.5 Å². The van der Waals surface area contributed by atoms with Gasteiger partial charge in [0, 0.05) is 10.7 Å². The first-order valence-corrected chi connectivity index (χ1v) is 11.2. The summed E-state index contributed by atoms with van der Waals surface area (Å²) in [7, 11) is 0. The maximum absolute atomic E-state index is 13.3. The number of benzene rings is 3. The lowest BCUT2D eigenvalue weighted by molar-refractivity contribution is -0.113. The second kappa shape index (κ2) is 9.54. The molecule has 8 heteroatoms. The van der Waals surface area contributed by atoms with Crippen LogP contribution in [0.1, 0.15) is 11.1 Å². The zero-order chi connectivity index (χ0) is 22.7. The molecule has 0 saturated carbocycles. The number of nitrogens with one attached hydrogen (secondary N) is 1. The average molecular weight is 468 g/mol. The normalized spacial score (nSPS) is 11.0. The Morgan fingerprint density at radius 1 is 1.12 bits per heavy atom. The van der Waals surface area contributed by atoms with Crippen LogP contribution in [-0.4, -0.2) is 21.2 Å². The van der Waals surface area contributed by atoms with Gasteiger partial charge in [-0.15, -0.1) is 0 Å². The van der Waals surface area contributed by atoms with E-state index in [4.69, 9.17) is 11.6 Å². The molecule has 0 bridgehead atoms. The van der Waals surface area contributed by atoms with Crippen LogP contribution in [0.25, 0.3) is 10.9 Å². The molecule has 1 aromatic heterocycles. The molecule has 0 atom stereocenters. The molecular weight excluding hydrogens is 449 g/mol. The maximum Gasteiger partial charge on any atom is 0.262 e. The molecule has 0 spiro atoms. The molecule has 5 nitrogen and oxygen atoms in total. The number of anilines is 1. The number of para-hydroxylation sites is 1. The van der Waals surface area contributed by atoms with Crippen LogP contribution in [0, 0.1) is 12.7 Å². The van der Waals surface area contributed by atoms with E-state index < -0.39 is 0 Å². The van der Waals surface area contributed by atoms with Crippen LogP contribution in [0.5, 0.6) is 0 Å². The zero-order valence-corrected chi connectivity index (χ0v) is 18.7. The molecule has 1 N–H and O–H groups in total. The third kappa shape index (κ3) is 5.00. The zero-order valence-electron chi connectivity index (χ0n) is 17.1. The lowest BCUT2D eigenvalue weighted by Gasteiger charge is -2.13. The van der Waals surface area contributed by atoms with E-state index in [2.05, 4.69) is 10.3 Å². The molecule has 32 heavy (non-hydrogen) atoms. The highest BCUT2D eigenvalue weighted by molar-refractivity contribution is 7.99. The molecule has 0 saturated heterocycles. The van der Waals surface area contributed by atoms with Crippen LogP contribution in [0.15, 0.2) is 76.7 Å². The summed E-state index contributed by atoms with van der Waals surface area (Å²) in [4.78, 5) is 30.3. The van der Waals surface area contributed by atoms with Gasteiger partial charge < -0.3 is 5.32 Å². The lowest BCUT2D eigenvalue weighted by Crippen LogP contribution is -2.25. The summed E-state index contributed by atoms with van der Waals surface area (Å²) in [5, 5.41) is 4.27. The summed E-state index contributed by atoms with van der Waals surface area (Å²) in [6.45, 7) is 2.10. The van der Waals surface area contributed by atoms with E-state index in [1.54, 1.807) is 48.5 Å². The van der Waals surface area contributed by atoms with Gasteiger partial charge in [-0.05, 0) is 54.4 Å². The highest BCUT2D eigenvalue weighted by Gasteiger charge is 2.14. The molecule has 0 radical (unpaired) electrons. The second-order valence-corrected chi connectivity index (χ2v) is 8.58. The van der Waals surface area contributed by atoms with Gasteiger partial charge in [0.1, 0.15) is 5.82 Å². The van der Waals surface area contributed by atoms with Crippen LogP contribution in [0.3, 0.4) is 0 Å². The number of nitrogens with zero attached hydrogens (tertiary/aromatic N) is 2. The number of aryl methyl sites for hydroxylation is 1. The van der Waals surface area contributed by atoms with Crippen molar-refractivity contribution >= 4 is 45.9 Å². The number of thioether (sulfide) groups is 1. The topological polar surface area (TPSA) is 64.0 Å². The minimum atomic E-state index is -0.347. The SMILES string of the molecule is Cc1ccc(NC(=O)CSc2nc3ccccc3c(=O)n2Cc2ccc(F)cc2)cc1Cl. The van der Waals surface area contributed by atoms with E-state index in [0.717, 1.165) is 11.1 Å². The minimum absolute atomic E-state index is 0.0553. The Hall–Kier alpha value is -3.16. The third-order valence-electron chi connectivity index (χ3n) is 4.87. The molecule has 1 amide bonds. The summed E-state index contributed by atoms with van der Waals surface area (Å²) in [5.41, 5.74) is 2.62. The second-order valence-electron chi connectivity index (χ2n) is 7.23. The van der Waals surface area contributed by atoms with Gasteiger partial charge in [0.15, 0.2) is 5.16 Å². The Balaban J connectivity index is 1.60. The quantitative estimate of drug-likeness (QED) is 0.309. The van der Waals surface area contributed by atoms with Crippen LogP contribution >= 0.6 is 23.4 Å². The third-order valence-corrected chi connectivity index (χ3v) is 6.25. The van der Waals surface area contributed by atoms with Crippen molar-refractivity contribution in [2.75, 3.05) is 11.1 Å². The van der Waals surface area contributed by atoms with Crippen molar-refractivity contribution in [3.05, 3.63) is 99.1 Å². The summed E-state index contributed by atoms with van der Waals surface area (Å²) in [5.74, 6) is -0.537. The molecule has 0 aliphatic heterocycles. The molecule has 3 aromatic carbocycles. The number of amides is 1. The Morgan fingerprint density at radius 2 is 1.88 bits per heavy atom. The Labute approximate surface area is 193 Å². The monoisotopic (exact) mass is 467 g/mol. The number of carbonyl (C=O) groups excluding carboxylic acids is 1. The number of hydrogen-bond donors (Lipinski definition) is 1. The molecule has 0 aliphatic rings. The van der Waals surface area contributed by atoms with E-state index in [1.807, 2.05) is 13.0 Å². The fourth-order valence-corrected chi connectivity index (χ4v) is 4.15. The van der Waals surface area contributed by atoms with Crippen molar-refractivity contribution < 1.29 is 9.18 Å². The van der Waals surface area contributed by atoms with E-state index in [-0.39, 0.29) is 29.6 Å². The molecule has 0 unspecified atom stereocenters. The smallest absolute Gasteiger partial charge is 0.262 e. The van der Waals surface area contributed by atoms with Crippen LogP contribution in [0.2, 0.25) is 5.02 Å². The predicted molar refractivity (Wildman–Crippen MR) is 127 cm³/mol. The minimum Gasteiger partial charge on any atom is -0.325 e. The first kappa shape index (κ1) is 22.0. The van der Waals surface area contributed by atoms with Gasteiger partial charge in [-0.25, -0.2) is 9.37 Å². The van der Waals surface area contributed by atoms with Gasteiger partial charge in [0.05, 0.1) is 23.2 Å². The van der Waals surface area contributed by atoms with Crippen molar-refractivity contribution in [3.8, 4) is 0 Å². The summed E-state index contributed by atoms with van der Waals surface area (Å²) >= 11 is 7.29. The number of hydrogen-bond acceptors (Lipinski definition) is 4. The summed E-state index contributed by atoms with van der Waals surface area (Å²) in [6.07, 6.45) is 0. The van der Waals surface area contributed by atoms with Crippen LogP contribution in [-0.2, 0) is 11.3 Å². The molecule has 162 valence electrons. The van der Waals surface area contributed by atoms with Gasteiger partial charge in [-0.2, -0.15) is 0 Å². The van der Waals surface area contributed by atoms with Crippen LogP contribution < -0.4 is 10.9 Å². The standard InChI is InChI=1S/C24H19ClFN3O2S/c1-15-6-11-18(12-20(15)25)27-22(30)14-32-24-28-21-5-3-2-4-19(21)23(31)29(24)13-16-7-9-17(26)10-8-16/h2-12H,13-14H2,1H3,(H,27,30). The van der Waals surface area contributed by atoms with E-state index in [0.29, 0.717) is 26.8 Å². The van der Waals surface area contributed by atoms with Gasteiger partial charge in [-0.1, -0.05) is 53.7 Å². The number of carbonyl (C=O) groups is 1. The number of halogens is 2. The number of fused-ring (bicyclic) bond motifs is 1. The highest BCUT2D eigenvalue weighted by atomic mass is 35.5. The molecule has 4 rings (SSSR count). The van der Waals surface area contributed by atoms with Crippen LogP contribution in [0.4, 0.5) is 10.1 Å². The molecule has 0 fully saturated rings. The van der Waals surface area contributed by atoms with E-state index >= 15 is 0 Å². The van der Waals surface area contributed by atoms with Crippen molar-refractivity contribution in [2.24, 2.45) is 0 Å². The maximum atomic E-state index is 13.3. The first-order valence-electron chi connectivity index (χ1n) is 9.83. The average Bonchev–Trinajstić information content (AvgIpc) is 2.78. The largest absolute Gasteiger partial charge is 0.325 e. The van der Waals surface area contributed by atoms with Crippen molar-refractivity contribution in [2.45, 2.75) is 18.6 Å². The Morgan fingerprint density at radius 3 is 2.62 bits per heavy atom. The Bertz CT molecular complexity index is 1360. The highest BCUT2D eigenvalue weighted by Crippen LogP contribution is 2.22. The summed E-state index contributed by atoms with van der Waals surface area (Å²) in [6, 6.07) is 18.3. The molecule has 1 heterocycles. The molecule has 4 aromatic rings. The first-order chi connectivity index (χ1) is 15.4. The van der Waals surface area contributed by atoms with Gasteiger partial charge in [0.2, 0.25) is 5.91 Å². The van der Waals surface area contributed by atoms with Gasteiger partial charge >= 0.3 is 0 Å². The van der Waals surface area contributed by atoms with E-state index in [9.17, 15) is 14.0 Å². The Kier molecular flexibility index (Phi) is 6.58. The fraction of sp³-hybridized carbons (Fsp3) is 0.125. The lowest BCUT2D eigenvalue weighted by atomic mass is 10.2. The predicted octanol–water partition coefficient (Wildman–Crippen LogP) is 5.28. The fourth-order valence-electron chi connectivity index (χ4n) is 3.17. The molecular formula is C24H19ClFN3O2S. The van der Waals surface area contributed by atoms with Crippen molar-refractivity contribution in [3.63, 3.8) is 0 Å². The van der Waals surface area contributed by atoms with Gasteiger partial charge in [0.25, 0.3) is 5.56 Å². The van der Waals surface area contributed by atoms with Gasteiger partial charge in [-0.3, -0.25) is 14.2 Å². The van der Waals surface area contributed by atoms with Crippen molar-refractivity contribution in [1.82, 2.24) is 9.55 Å². The number of rotatable bonds is 6. The number of aromatic nitrogens is 2. The summed E-state index contributed by atoms with van der Waals surface area (Å²) < 4.78 is 14.8.